The Labute approximate surface area is 203 Å². The van der Waals surface area contributed by atoms with Gasteiger partial charge in [0.1, 0.15) is 5.78 Å². The van der Waals surface area contributed by atoms with Gasteiger partial charge in [-0.3, -0.25) is 4.79 Å². The van der Waals surface area contributed by atoms with Crippen LogP contribution in [0.4, 0.5) is 0 Å². The maximum atomic E-state index is 14.3. The predicted octanol–water partition coefficient (Wildman–Crippen LogP) is 6.38. The van der Waals surface area contributed by atoms with E-state index < -0.39 is 0 Å². The molecular weight excluding hydrogens is 406 g/mol. The fourth-order valence-corrected chi connectivity index (χ4v) is 10.9. The average Bonchev–Trinajstić information content (AvgIpc) is 2.86. The van der Waals surface area contributed by atoms with Gasteiger partial charge in [-0.05, 0) is 123 Å². The van der Waals surface area contributed by atoms with Crippen LogP contribution in [0.2, 0.25) is 0 Å². The fourth-order valence-electron chi connectivity index (χ4n) is 10.9. The fraction of sp³-hybridized carbons (Fsp3) is 0.967. The molecule has 1 heterocycles. The van der Waals surface area contributed by atoms with Crippen molar-refractivity contribution in [1.82, 2.24) is 5.32 Å². The van der Waals surface area contributed by atoms with Crippen LogP contribution in [0.5, 0.6) is 0 Å². The minimum absolute atomic E-state index is 0.0128. The highest BCUT2D eigenvalue weighted by atomic mass is 16.3. The number of carbonyl (C=O) groups excluding carboxylic acids is 1. The molecule has 188 valence electrons. The lowest BCUT2D eigenvalue weighted by molar-refractivity contribution is -0.226. The van der Waals surface area contributed by atoms with Gasteiger partial charge in [-0.15, -0.1) is 0 Å². The molecule has 0 radical (unpaired) electrons. The van der Waals surface area contributed by atoms with E-state index in [0.29, 0.717) is 23.5 Å². The summed E-state index contributed by atoms with van der Waals surface area (Å²) in [5.74, 6) is 2.33. The molecule has 4 saturated carbocycles. The van der Waals surface area contributed by atoms with Crippen LogP contribution in [0.1, 0.15) is 113 Å². The number of nitrogens with one attached hydrogen (secondary N) is 1. The van der Waals surface area contributed by atoms with E-state index in [1.54, 1.807) is 0 Å². The molecule has 0 aromatic heterocycles. The molecule has 5 fully saturated rings. The summed E-state index contributed by atoms with van der Waals surface area (Å²) < 4.78 is 0. The van der Waals surface area contributed by atoms with Crippen molar-refractivity contribution in [2.24, 2.45) is 50.7 Å². The third kappa shape index (κ3) is 3.16. The standard InChI is InChI=1S/C30H51NO2/c1-25(2)22-9-11-29(6)23(28(22,5)10-8-16-31-25)17-21(33)24-20-18-26(3,19-32)12-13-27(20,4)14-15-30(24,29)7/h20,22-24,31-32H,8-19H2,1-7H3/t20-,22-,23+,24+,26+,27+,28-,29+,30+/m0/s1. The highest BCUT2D eigenvalue weighted by Gasteiger charge is 2.70. The van der Waals surface area contributed by atoms with E-state index in [1.165, 1.54) is 44.9 Å². The van der Waals surface area contributed by atoms with E-state index in [-0.39, 0.29) is 45.1 Å². The number of rotatable bonds is 1. The Balaban J connectivity index is 1.57. The summed E-state index contributed by atoms with van der Waals surface area (Å²) in [6.45, 7) is 18.7. The van der Waals surface area contributed by atoms with Crippen molar-refractivity contribution < 1.29 is 9.90 Å². The third-order valence-corrected chi connectivity index (χ3v) is 13.3. The van der Waals surface area contributed by atoms with Crippen LogP contribution in [0.15, 0.2) is 0 Å². The van der Waals surface area contributed by atoms with Crippen molar-refractivity contribution in [3.05, 3.63) is 0 Å². The van der Waals surface area contributed by atoms with Gasteiger partial charge in [-0.1, -0.05) is 34.6 Å². The molecule has 1 saturated heterocycles. The largest absolute Gasteiger partial charge is 0.396 e. The molecule has 4 aliphatic carbocycles. The first-order valence-corrected chi connectivity index (χ1v) is 14.1. The van der Waals surface area contributed by atoms with Crippen LogP contribution in [-0.4, -0.2) is 29.6 Å². The van der Waals surface area contributed by atoms with Gasteiger partial charge in [0.2, 0.25) is 0 Å². The second-order valence-electron chi connectivity index (χ2n) is 15.3. The molecule has 0 amide bonds. The van der Waals surface area contributed by atoms with Gasteiger partial charge in [-0.25, -0.2) is 0 Å². The van der Waals surface area contributed by atoms with E-state index in [9.17, 15) is 9.90 Å². The van der Waals surface area contributed by atoms with Crippen LogP contribution in [-0.2, 0) is 4.79 Å². The first kappa shape index (κ1) is 24.3. The van der Waals surface area contributed by atoms with Crippen molar-refractivity contribution in [3.63, 3.8) is 0 Å². The van der Waals surface area contributed by atoms with Gasteiger partial charge < -0.3 is 10.4 Å². The van der Waals surface area contributed by atoms with Gasteiger partial charge in [0.15, 0.2) is 0 Å². The average molecular weight is 458 g/mol. The van der Waals surface area contributed by atoms with E-state index in [0.717, 1.165) is 25.8 Å². The second kappa shape index (κ2) is 7.31. The van der Waals surface area contributed by atoms with Crippen LogP contribution in [0.3, 0.4) is 0 Å². The Morgan fingerprint density at radius 2 is 1.58 bits per heavy atom. The molecule has 0 unspecified atom stereocenters. The number of hydrogen-bond acceptors (Lipinski definition) is 3. The minimum atomic E-state index is -0.0128. The van der Waals surface area contributed by atoms with Crippen LogP contribution in [0, 0.1) is 50.7 Å². The van der Waals surface area contributed by atoms with Gasteiger partial charge in [0.05, 0.1) is 0 Å². The van der Waals surface area contributed by atoms with Crippen molar-refractivity contribution in [1.29, 1.82) is 0 Å². The molecule has 1 aliphatic heterocycles. The SMILES string of the molecule is CC1(C)NCCC[C@]2(C)[C@H]3CC(=O)[C@H]4[C@@H]5C[C@](C)(CO)CC[C@]5(C)CC[C@@]4(C)[C@]3(C)CC[C@@H]12. The van der Waals surface area contributed by atoms with Gasteiger partial charge in [0.25, 0.3) is 0 Å². The lowest BCUT2D eigenvalue weighted by atomic mass is 9.32. The quantitative estimate of drug-likeness (QED) is 0.480. The van der Waals surface area contributed by atoms with Gasteiger partial charge in [-0.2, -0.15) is 0 Å². The zero-order chi connectivity index (χ0) is 24.1. The minimum Gasteiger partial charge on any atom is -0.396 e. The molecule has 0 aromatic carbocycles. The molecule has 0 bridgehead atoms. The Morgan fingerprint density at radius 1 is 0.879 bits per heavy atom. The van der Waals surface area contributed by atoms with E-state index >= 15 is 0 Å². The summed E-state index contributed by atoms with van der Waals surface area (Å²) in [5.41, 5.74) is 0.948. The van der Waals surface area contributed by atoms with E-state index in [4.69, 9.17) is 0 Å². The monoisotopic (exact) mass is 457 g/mol. The summed E-state index contributed by atoms with van der Waals surface area (Å²) in [7, 11) is 0. The summed E-state index contributed by atoms with van der Waals surface area (Å²) in [5, 5.41) is 14.1. The molecule has 0 spiro atoms. The summed E-state index contributed by atoms with van der Waals surface area (Å²) in [6, 6.07) is 0. The smallest absolute Gasteiger partial charge is 0.137 e. The number of carbonyl (C=O) groups is 1. The highest BCUT2D eigenvalue weighted by Crippen LogP contribution is 2.75. The van der Waals surface area contributed by atoms with E-state index in [2.05, 4.69) is 53.8 Å². The van der Waals surface area contributed by atoms with Crippen molar-refractivity contribution in [3.8, 4) is 0 Å². The van der Waals surface area contributed by atoms with Crippen molar-refractivity contribution >= 4 is 5.78 Å². The summed E-state index contributed by atoms with van der Waals surface area (Å²) >= 11 is 0. The number of fused-ring (bicyclic) bond motifs is 7. The number of aliphatic hydroxyl groups excluding tert-OH is 1. The predicted molar refractivity (Wildman–Crippen MR) is 135 cm³/mol. The number of hydrogen-bond donors (Lipinski definition) is 2. The maximum Gasteiger partial charge on any atom is 0.137 e. The summed E-state index contributed by atoms with van der Waals surface area (Å²) in [6.07, 6.45) is 11.6. The lowest BCUT2D eigenvalue weighted by Gasteiger charge is -2.71. The maximum absolute atomic E-state index is 14.3. The van der Waals surface area contributed by atoms with Crippen LogP contribution < -0.4 is 5.32 Å². The van der Waals surface area contributed by atoms with Crippen molar-refractivity contribution in [2.75, 3.05) is 13.2 Å². The Kier molecular flexibility index (Phi) is 5.38. The third-order valence-electron chi connectivity index (χ3n) is 13.3. The molecule has 0 aromatic rings. The molecule has 3 nitrogen and oxygen atoms in total. The normalized spacial score (nSPS) is 56.1. The zero-order valence-electron chi connectivity index (χ0n) is 22.7. The molecule has 5 aliphatic rings. The van der Waals surface area contributed by atoms with E-state index in [1.807, 2.05) is 0 Å². The number of Topliss-reactive ketones (excluding diaryl/α,β-unsaturated/α-hetero) is 1. The number of ketones is 1. The highest BCUT2D eigenvalue weighted by molar-refractivity contribution is 5.84. The Morgan fingerprint density at radius 3 is 2.27 bits per heavy atom. The second-order valence-corrected chi connectivity index (χ2v) is 15.3. The topological polar surface area (TPSA) is 49.3 Å². The van der Waals surface area contributed by atoms with Crippen molar-refractivity contribution in [2.45, 2.75) is 118 Å². The lowest BCUT2D eigenvalue weighted by Crippen LogP contribution is -2.68. The zero-order valence-corrected chi connectivity index (χ0v) is 22.7. The van der Waals surface area contributed by atoms with Gasteiger partial charge in [0, 0.05) is 24.5 Å². The van der Waals surface area contributed by atoms with Crippen LogP contribution in [0.25, 0.3) is 0 Å². The molecule has 3 heteroatoms. The molecule has 2 N–H and O–H groups in total. The molecule has 9 atom stereocenters. The first-order valence-electron chi connectivity index (χ1n) is 14.1. The number of aliphatic hydroxyl groups is 1. The Hall–Kier alpha value is -0.410. The summed E-state index contributed by atoms with van der Waals surface area (Å²) in [4.78, 5) is 14.3. The van der Waals surface area contributed by atoms with Gasteiger partial charge >= 0.3 is 0 Å². The Bertz CT molecular complexity index is 822. The first-order chi connectivity index (χ1) is 15.2. The molecule has 33 heavy (non-hydrogen) atoms. The van der Waals surface area contributed by atoms with Crippen LogP contribution >= 0.6 is 0 Å². The molecule has 5 rings (SSSR count). The molecular formula is C30H51NO2.